The zero-order valence-corrected chi connectivity index (χ0v) is 18.0. The summed E-state index contributed by atoms with van der Waals surface area (Å²) in [6.45, 7) is 2.00. The first-order chi connectivity index (χ1) is 16.2. The molecule has 0 spiro atoms. The van der Waals surface area contributed by atoms with Crippen LogP contribution in [0.25, 0.3) is 11.4 Å². The van der Waals surface area contributed by atoms with Crippen molar-refractivity contribution in [2.24, 2.45) is 0 Å². The number of aromatic nitrogens is 2. The van der Waals surface area contributed by atoms with E-state index < -0.39 is 11.6 Å². The maximum Gasteiger partial charge on any atom is 0.186 e. The van der Waals surface area contributed by atoms with E-state index in [2.05, 4.69) is 10.5 Å². The number of halogens is 2. The van der Waals surface area contributed by atoms with Gasteiger partial charge in [0.25, 0.3) is 0 Å². The number of benzene rings is 2. The summed E-state index contributed by atoms with van der Waals surface area (Å²) in [6, 6.07) is 14.6. The van der Waals surface area contributed by atoms with Crippen LogP contribution in [0.5, 0.6) is 0 Å². The molecule has 0 radical (unpaired) electrons. The van der Waals surface area contributed by atoms with Crippen LogP contribution in [-0.2, 0) is 9.47 Å². The van der Waals surface area contributed by atoms with Crippen LogP contribution in [-0.4, -0.2) is 43.2 Å². The van der Waals surface area contributed by atoms with E-state index in [1.165, 1.54) is 12.1 Å². The number of methoxy groups -OCH3 is 1. The number of morpholine rings is 1. The highest BCUT2D eigenvalue weighted by Gasteiger charge is 2.25. The Labute approximate surface area is 190 Å². The smallest absolute Gasteiger partial charge is 0.186 e. The summed E-state index contributed by atoms with van der Waals surface area (Å²) in [4.78, 5) is 1.79. The first kappa shape index (κ1) is 21.0. The minimum atomic E-state index is -0.948. The summed E-state index contributed by atoms with van der Waals surface area (Å²) in [5.41, 5.74) is 5.64. The van der Waals surface area contributed by atoms with Gasteiger partial charge >= 0.3 is 0 Å². The van der Waals surface area contributed by atoms with Gasteiger partial charge in [-0.2, -0.15) is 5.10 Å². The Balaban J connectivity index is 1.48. The normalized spacial score (nSPS) is 16.2. The van der Waals surface area contributed by atoms with Gasteiger partial charge in [-0.3, -0.25) is 10.4 Å². The molecule has 0 aliphatic carbocycles. The van der Waals surface area contributed by atoms with E-state index in [1.807, 2.05) is 36.4 Å². The van der Waals surface area contributed by atoms with Crippen LogP contribution in [0.3, 0.4) is 0 Å². The van der Waals surface area contributed by atoms with Crippen molar-refractivity contribution < 1.29 is 18.3 Å². The number of hydrogen-bond acceptors (Lipinski definition) is 6. The van der Waals surface area contributed by atoms with Crippen molar-refractivity contribution in [1.29, 1.82) is 0 Å². The van der Waals surface area contributed by atoms with Crippen molar-refractivity contribution in [2.45, 2.75) is 0 Å². The molecule has 3 aromatic rings. The molecule has 2 aliphatic heterocycles. The van der Waals surface area contributed by atoms with E-state index in [0.29, 0.717) is 37.8 Å². The molecule has 1 aromatic heterocycles. The number of hydrogen-bond donors (Lipinski definition) is 1. The molecule has 1 N–H and O–H groups in total. The Morgan fingerprint density at radius 3 is 2.45 bits per heavy atom. The number of allylic oxidation sites excluding steroid dienone is 1. The van der Waals surface area contributed by atoms with Crippen molar-refractivity contribution in [1.82, 2.24) is 15.2 Å². The van der Waals surface area contributed by atoms with Gasteiger partial charge in [-0.25, -0.2) is 13.5 Å². The van der Waals surface area contributed by atoms with Gasteiger partial charge in [-0.1, -0.05) is 18.2 Å². The average Bonchev–Trinajstić information content (AvgIpc) is 3.36. The van der Waals surface area contributed by atoms with Crippen molar-refractivity contribution in [3.63, 3.8) is 0 Å². The second kappa shape index (κ2) is 8.95. The average molecular weight is 451 g/mol. The van der Waals surface area contributed by atoms with Gasteiger partial charge in [0.1, 0.15) is 11.4 Å². The lowest BCUT2D eigenvalue weighted by molar-refractivity contribution is 0.122. The Kier molecular flexibility index (Phi) is 5.70. The topological polar surface area (TPSA) is 54.8 Å². The molecule has 9 heteroatoms. The highest BCUT2D eigenvalue weighted by molar-refractivity contribution is 5.71. The third-order valence-electron chi connectivity index (χ3n) is 5.59. The van der Waals surface area contributed by atoms with Gasteiger partial charge < -0.3 is 14.4 Å². The number of rotatable bonds is 5. The van der Waals surface area contributed by atoms with E-state index >= 15 is 8.78 Å². The molecule has 0 atom stereocenters. The van der Waals surface area contributed by atoms with Gasteiger partial charge in [0.15, 0.2) is 11.6 Å². The van der Waals surface area contributed by atoms with Crippen LogP contribution in [0.1, 0.15) is 5.69 Å². The summed E-state index contributed by atoms with van der Waals surface area (Å²) in [5.74, 6) is -1.37. The second-order valence-electron chi connectivity index (χ2n) is 7.57. The van der Waals surface area contributed by atoms with Gasteiger partial charge in [-0.15, -0.1) is 0 Å². The lowest BCUT2D eigenvalue weighted by atomic mass is 10.2. The summed E-state index contributed by atoms with van der Waals surface area (Å²) in [6.07, 6.45) is 5.03. The second-order valence-corrected chi connectivity index (χ2v) is 7.57. The molecule has 5 rings (SSSR count). The summed E-state index contributed by atoms with van der Waals surface area (Å²) < 4.78 is 42.8. The van der Waals surface area contributed by atoms with Crippen molar-refractivity contribution in [3.8, 4) is 5.69 Å². The lowest BCUT2D eigenvalue weighted by Gasteiger charge is -2.31. The fourth-order valence-corrected chi connectivity index (χ4v) is 3.92. The number of anilines is 2. The molecule has 2 aromatic carbocycles. The zero-order chi connectivity index (χ0) is 22.8. The van der Waals surface area contributed by atoms with Gasteiger partial charge in [0, 0.05) is 19.2 Å². The van der Waals surface area contributed by atoms with Gasteiger partial charge in [0.2, 0.25) is 0 Å². The third kappa shape index (κ3) is 4.03. The van der Waals surface area contributed by atoms with Crippen LogP contribution in [0.2, 0.25) is 0 Å². The van der Waals surface area contributed by atoms with Crippen LogP contribution in [0.4, 0.5) is 20.2 Å². The van der Waals surface area contributed by atoms with Crippen molar-refractivity contribution in [3.05, 3.63) is 90.1 Å². The Bertz CT molecular complexity index is 1200. The molecule has 170 valence electrons. The lowest BCUT2D eigenvalue weighted by Crippen LogP contribution is -2.38. The van der Waals surface area contributed by atoms with Crippen LogP contribution in [0.15, 0.2) is 72.8 Å². The molecule has 3 heterocycles. The number of para-hydroxylation sites is 1. The first-order valence-electron chi connectivity index (χ1n) is 10.6. The van der Waals surface area contributed by atoms with E-state index in [0.717, 1.165) is 11.4 Å². The Hall–Kier alpha value is -3.85. The standard InChI is InChI=1S/C24H23F2N5O2/c1-32-18-15-19(20-9-10-27-31(20)17-5-3-2-4-6-17)28-30(16-18)22-8-7-21(23(25)24(22)26)29-11-13-33-14-12-29/h2-10,15-16,28H,11-14H2,1H3. The zero-order valence-electron chi connectivity index (χ0n) is 18.0. The molecule has 0 saturated carbocycles. The van der Waals surface area contributed by atoms with Crippen molar-refractivity contribution in [2.75, 3.05) is 43.3 Å². The van der Waals surface area contributed by atoms with Crippen molar-refractivity contribution >= 4 is 17.1 Å². The molecule has 0 unspecified atom stereocenters. The minimum Gasteiger partial charge on any atom is -0.495 e. The van der Waals surface area contributed by atoms with Crippen LogP contribution < -0.4 is 15.3 Å². The predicted molar refractivity (Wildman–Crippen MR) is 122 cm³/mol. The Morgan fingerprint density at radius 1 is 0.970 bits per heavy atom. The maximum atomic E-state index is 15.2. The fraction of sp³-hybridized carbons (Fsp3) is 0.208. The molecule has 1 saturated heterocycles. The quantitative estimate of drug-likeness (QED) is 0.636. The molecule has 2 aliphatic rings. The molecule has 33 heavy (non-hydrogen) atoms. The van der Waals surface area contributed by atoms with Gasteiger partial charge in [0.05, 0.1) is 55.5 Å². The molecule has 0 bridgehead atoms. The molecular formula is C24H23F2N5O2. The molecule has 0 amide bonds. The minimum absolute atomic E-state index is 0.0374. The van der Waals surface area contributed by atoms with Crippen LogP contribution in [0, 0.1) is 11.6 Å². The highest BCUT2D eigenvalue weighted by atomic mass is 19.2. The van der Waals surface area contributed by atoms with Crippen LogP contribution >= 0.6 is 0 Å². The molecule has 1 fully saturated rings. The maximum absolute atomic E-state index is 15.2. The third-order valence-corrected chi connectivity index (χ3v) is 5.59. The molecule has 7 nitrogen and oxygen atoms in total. The number of nitrogens with zero attached hydrogens (tertiary/aromatic N) is 4. The van der Waals surface area contributed by atoms with E-state index in [-0.39, 0.29) is 11.4 Å². The predicted octanol–water partition coefficient (Wildman–Crippen LogP) is 3.84. The Morgan fingerprint density at radius 2 is 1.70 bits per heavy atom. The number of ether oxygens (including phenoxy) is 2. The van der Waals surface area contributed by atoms with Gasteiger partial charge in [-0.05, 0) is 30.3 Å². The largest absolute Gasteiger partial charge is 0.495 e. The fourth-order valence-electron chi connectivity index (χ4n) is 3.92. The molecular weight excluding hydrogens is 428 g/mol. The monoisotopic (exact) mass is 451 g/mol. The van der Waals surface area contributed by atoms with E-state index in [1.54, 1.807) is 40.2 Å². The summed E-state index contributed by atoms with van der Waals surface area (Å²) >= 11 is 0. The van der Waals surface area contributed by atoms with E-state index in [9.17, 15) is 0 Å². The highest BCUT2D eigenvalue weighted by Crippen LogP contribution is 2.32. The summed E-state index contributed by atoms with van der Waals surface area (Å²) in [5, 5.41) is 5.83. The first-order valence-corrected chi connectivity index (χ1v) is 10.6. The van der Waals surface area contributed by atoms with E-state index in [4.69, 9.17) is 9.47 Å². The summed E-state index contributed by atoms with van der Waals surface area (Å²) in [7, 11) is 1.52. The number of hydrazine groups is 1. The number of nitrogens with one attached hydrogen (secondary N) is 1. The SMILES string of the molecule is COC1=CN(c2ccc(N3CCOCC3)c(F)c2F)NC(c2ccnn2-c2ccccc2)=C1.